The molecule has 6 nitrogen and oxygen atoms in total. The molecular formula is C60H102O6. The maximum absolute atomic E-state index is 12.8. The van der Waals surface area contributed by atoms with Crippen LogP contribution < -0.4 is 0 Å². The first-order valence-corrected chi connectivity index (χ1v) is 27.6. The Labute approximate surface area is 407 Å². The quantitative estimate of drug-likeness (QED) is 0.0262. The molecular weight excluding hydrogens is 817 g/mol. The van der Waals surface area contributed by atoms with E-state index < -0.39 is 6.10 Å². The molecule has 0 aliphatic carbocycles. The monoisotopic (exact) mass is 919 g/mol. The van der Waals surface area contributed by atoms with Gasteiger partial charge in [-0.2, -0.15) is 0 Å². The summed E-state index contributed by atoms with van der Waals surface area (Å²) in [5.41, 5.74) is 0. The minimum Gasteiger partial charge on any atom is -0.462 e. The third-order valence-corrected chi connectivity index (χ3v) is 11.6. The Morgan fingerprint density at radius 3 is 1.02 bits per heavy atom. The average molecular weight is 919 g/mol. The van der Waals surface area contributed by atoms with Gasteiger partial charge in [0.1, 0.15) is 13.2 Å². The minimum absolute atomic E-state index is 0.101. The summed E-state index contributed by atoms with van der Waals surface area (Å²) in [6.07, 6.45) is 70.1. The van der Waals surface area contributed by atoms with Crippen molar-refractivity contribution in [2.75, 3.05) is 13.2 Å². The van der Waals surface area contributed by atoms with E-state index in [0.717, 1.165) is 89.9 Å². The molecule has 0 bridgehead atoms. The highest BCUT2D eigenvalue weighted by atomic mass is 16.6. The molecule has 0 saturated carbocycles. The SMILES string of the molecule is CC/C=C\C/C=C\C/C=C\C/C=C\C/C=C\C/C=C\CCC(=O)OC[C@@H](COC(=O)CCCCCCCCCCCCCCC)OC(=O)CCCCCCC/C=C\CCCCCCCCC. The maximum atomic E-state index is 12.8. The number of esters is 3. The van der Waals surface area contributed by atoms with E-state index in [4.69, 9.17) is 14.2 Å². The summed E-state index contributed by atoms with van der Waals surface area (Å²) in [6.45, 7) is 6.46. The maximum Gasteiger partial charge on any atom is 0.306 e. The first-order valence-electron chi connectivity index (χ1n) is 27.6. The molecule has 1 atom stereocenters. The highest BCUT2D eigenvalue weighted by Gasteiger charge is 2.19. The fraction of sp³-hybridized carbons (Fsp3) is 0.717. The number of hydrogen-bond acceptors (Lipinski definition) is 6. The van der Waals surface area contributed by atoms with Gasteiger partial charge in [0.25, 0.3) is 0 Å². The third kappa shape index (κ3) is 51.6. The standard InChI is InChI=1S/C60H102O6/c1-4-7-10-13-16-19-22-25-27-29-30-31-33-35-38-41-44-47-50-53-59(62)65-56-57(55-64-58(61)52-49-46-43-40-37-34-24-21-18-15-12-9-6-3)66-60(63)54-51-48-45-42-39-36-32-28-26-23-20-17-14-11-8-5-2/h7,10,16,19,25,27-28,30-32,35,38,44,47,57H,4-6,8-9,11-15,17-18,20-24,26,29,33-34,36-37,39-43,45-46,48-56H2,1-3H3/b10-7-,19-16-,27-25-,31-30-,32-28-,38-35-,47-44-/t57-/m1/s1. The number of carbonyl (C=O) groups excluding carboxylic acids is 3. The summed E-state index contributed by atoms with van der Waals surface area (Å²) in [5, 5.41) is 0. The van der Waals surface area contributed by atoms with Crippen molar-refractivity contribution in [3.8, 4) is 0 Å². The molecule has 66 heavy (non-hydrogen) atoms. The first-order chi connectivity index (χ1) is 32.5. The summed E-state index contributed by atoms with van der Waals surface area (Å²) >= 11 is 0. The minimum atomic E-state index is -0.809. The zero-order chi connectivity index (χ0) is 47.9. The van der Waals surface area contributed by atoms with Gasteiger partial charge in [-0.3, -0.25) is 14.4 Å². The summed E-state index contributed by atoms with van der Waals surface area (Å²) in [6, 6.07) is 0. The third-order valence-electron chi connectivity index (χ3n) is 11.6. The molecule has 0 rings (SSSR count). The van der Waals surface area contributed by atoms with Gasteiger partial charge in [0.2, 0.25) is 0 Å². The van der Waals surface area contributed by atoms with Gasteiger partial charge < -0.3 is 14.2 Å². The van der Waals surface area contributed by atoms with Crippen LogP contribution in [0, 0.1) is 0 Å². The zero-order valence-electron chi connectivity index (χ0n) is 43.2. The van der Waals surface area contributed by atoms with Gasteiger partial charge in [0, 0.05) is 19.3 Å². The molecule has 0 unspecified atom stereocenters. The Balaban J connectivity index is 4.50. The molecule has 0 aromatic heterocycles. The van der Waals surface area contributed by atoms with Crippen LogP contribution in [-0.2, 0) is 28.6 Å². The molecule has 0 heterocycles. The average Bonchev–Trinajstić information content (AvgIpc) is 3.31. The number of ether oxygens (including phenoxy) is 3. The van der Waals surface area contributed by atoms with Crippen LogP contribution >= 0.6 is 0 Å². The summed E-state index contributed by atoms with van der Waals surface area (Å²) in [7, 11) is 0. The van der Waals surface area contributed by atoms with E-state index in [-0.39, 0.29) is 37.5 Å². The van der Waals surface area contributed by atoms with Crippen molar-refractivity contribution in [3.63, 3.8) is 0 Å². The highest BCUT2D eigenvalue weighted by molar-refractivity contribution is 5.71. The summed E-state index contributed by atoms with van der Waals surface area (Å²) in [5.74, 6) is -0.993. The molecule has 0 aliphatic rings. The van der Waals surface area contributed by atoms with E-state index in [2.05, 4.69) is 99.8 Å². The van der Waals surface area contributed by atoms with Crippen LogP contribution in [0.25, 0.3) is 0 Å². The number of rotatable bonds is 49. The second kappa shape index (κ2) is 54.2. The molecule has 0 radical (unpaired) electrons. The van der Waals surface area contributed by atoms with Crippen LogP contribution in [0.2, 0.25) is 0 Å². The predicted octanol–water partition coefficient (Wildman–Crippen LogP) is 18.4. The molecule has 0 N–H and O–H groups in total. The highest BCUT2D eigenvalue weighted by Crippen LogP contribution is 2.15. The Hall–Kier alpha value is -3.41. The molecule has 0 aromatic rings. The molecule has 0 saturated heterocycles. The topological polar surface area (TPSA) is 78.9 Å². The summed E-state index contributed by atoms with van der Waals surface area (Å²) < 4.78 is 16.8. The van der Waals surface area contributed by atoms with Gasteiger partial charge >= 0.3 is 17.9 Å². The van der Waals surface area contributed by atoms with Gasteiger partial charge in [-0.25, -0.2) is 0 Å². The molecule has 0 fully saturated rings. The lowest BCUT2D eigenvalue weighted by atomic mass is 10.0. The largest absolute Gasteiger partial charge is 0.462 e. The van der Waals surface area contributed by atoms with E-state index in [1.807, 2.05) is 6.08 Å². The van der Waals surface area contributed by atoms with E-state index >= 15 is 0 Å². The van der Waals surface area contributed by atoms with E-state index in [1.165, 1.54) is 122 Å². The van der Waals surface area contributed by atoms with Crippen LogP contribution in [0.3, 0.4) is 0 Å². The lowest BCUT2D eigenvalue weighted by Gasteiger charge is -2.18. The lowest BCUT2D eigenvalue weighted by molar-refractivity contribution is -0.166. The normalized spacial score (nSPS) is 12.7. The van der Waals surface area contributed by atoms with Gasteiger partial charge in [0.15, 0.2) is 6.10 Å². The van der Waals surface area contributed by atoms with Crippen molar-refractivity contribution in [1.82, 2.24) is 0 Å². The Morgan fingerprint density at radius 2 is 0.621 bits per heavy atom. The number of carbonyl (C=O) groups is 3. The van der Waals surface area contributed by atoms with Crippen molar-refractivity contribution >= 4 is 17.9 Å². The van der Waals surface area contributed by atoms with Crippen molar-refractivity contribution < 1.29 is 28.6 Å². The molecule has 6 heteroatoms. The zero-order valence-corrected chi connectivity index (χ0v) is 43.2. The van der Waals surface area contributed by atoms with Crippen molar-refractivity contribution in [2.24, 2.45) is 0 Å². The smallest absolute Gasteiger partial charge is 0.306 e. The second-order valence-electron chi connectivity index (χ2n) is 18.1. The van der Waals surface area contributed by atoms with Crippen LogP contribution in [0.5, 0.6) is 0 Å². The van der Waals surface area contributed by atoms with Crippen LogP contribution in [-0.4, -0.2) is 37.2 Å². The summed E-state index contributed by atoms with van der Waals surface area (Å²) in [4.78, 5) is 38.0. The Morgan fingerprint density at radius 1 is 0.318 bits per heavy atom. The van der Waals surface area contributed by atoms with E-state index in [0.29, 0.717) is 19.3 Å². The van der Waals surface area contributed by atoms with Gasteiger partial charge in [0.05, 0.1) is 0 Å². The number of allylic oxidation sites excluding steroid dienone is 14. The van der Waals surface area contributed by atoms with Gasteiger partial charge in [-0.15, -0.1) is 0 Å². The molecule has 0 aromatic carbocycles. The van der Waals surface area contributed by atoms with Crippen LogP contribution in [0.15, 0.2) is 85.1 Å². The fourth-order valence-corrected chi connectivity index (χ4v) is 7.52. The molecule has 0 aliphatic heterocycles. The second-order valence-corrected chi connectivity index (χ2v) is 18.1. The van der Waals surface area contributed by atoms with Crippen LogP contribution in [0.1, 0.15) is 258 Å². The lowest BCUT2D eigenvalue weighted by Crippen LogP contribution is -2.30. The van der Waals surface area contributed by atoms with Crippen molar-refractivity contribution in [2.45, 2.75) is 264 Å². The Kier molecular flexibility index (Phi) is 51.4. The fourth-order valence-electron chi connectivity index (χ4n) is 7.52. The molecule has 378 valence electrons. The first kappa shape index (κ1) is 62.6. The van der Waals surface area contributed by atoms with Gasteiger partial charge in [-0.05, 0) is 83.5 Å². The van der Waals surface area contributed by atoms with E-state index in [9.17, 15) is 14.4 Å². The number of hydrogen-bond donors (Lipinski definition) is 0. The van der Waals surface area contributed by atoms with E-state index in [1.54, 1.807) is 0 Å². The molecule has 0 spiro atoms. The Bertz CT molecular complexity index is 1290. The van der Waals surface area contributed by atoms with Crippen molar-refractivity contribution in [3.05, 3.63) is 85.1 Å². The molecule has 0 amide bonds. The van der Waals surface area contributed by atoms with Gasteiger partial charge in [-0.1, -0.05) is 241 Å². The van der Waals surface area contributed by atoms with Crippen LogP contribution in [0.4, 0.5) is 0 Å². The predicted molar refractivity (Wildman–Crippen MR) is 284 cm³/mol. The van der Waals surface area contributed by atoms with Crippen molar-refractivity contribution in [1.29, 1.82) is 0 Å². The number of unbranched alkanes of at least 4 members (excludes halogenated alkanes) is 24.